The molecule has 0 spiro atoms. The van der Waals surface area contributed by atoms with Crippen molar-refractivity contribution >= 4 is 21.7 Å². The van der Waals surface area contributed by atoms with E-state index in [-0.39, 0.29) is 0 Å². The van der Waals surface area contributed by atoms with Crippen LogP contribution in [0, 0.1) is 5.92 Å². The van der Waals surface area contributed by atoms with Crippen LogP contribution in [0.25, 0.3) is 0 Å². The molecule has 3 rings (SSSR count). The minimum atomic E-state index is 0.793. The zero-order chi connectivity index (χ0) is 11.7. The Kier molecular flexibility index (Phi) is 3.34. The van der Waals surface area contributed by atoms with Gasteiger partial charge in [0.15, 0.2) is 0 Å². The Labute approximate surface area is 111 Å². The van der Waals surface area contributed by atoms with E-state index in [0.717, 1.165) is 28.8 Å². The molecule has 1 aromatic heterocycles. The van der Waals surface area contributed by atoms with Gasteiger partial charge in [0.25, 0.3) is 0 Å². The fraction of sp³-hybridized carbons (Fsp3) is 0.615. The summed E-state index contributed by atoms with van der Waals surface area (Å²) >= 11 is 3.40. The lowest BCUT2D eigenvalue weighted by Gasteiger charge is -2.15. The van der Waals surface area contributed by atoms with Crippen LogP contribution >= 0.6 is 15.9 Å². The maximum atomic E-state index is 4.33. The average Bonchev–Trinajstić information content (AvgIpc) is 3.09. The summed E-state index contributed by atoms with van der Waals surface area (Å²) in [7, 11) is 0. The van der Waals surface area contributed by atoms with E-state index in [1.54, 1.807) is 0 Å². The first-order valence-electron chi connectivity index (χ1n) is 6.41. The van der Waals surface area contributed by atoms with E-state index in [1.807, 2.05) is 18.3 Å². The minimum Gasteiger partial charge on any atom is -0.370 e. The van der Waals surface area contributed by atoms with E-state index in [1.165, 1.54) is 32.4 Å². The highest BCUT2D eigenvalue weighted by atomic mass is 79.9. The van der Waals surface area contributed by atoms with Crippen molar-refractivity contribution in [2.75, 3.05) is 25.0 Å². The molecule has 0 radical (unpaired) electrons. The fourth-order valence-electron chi connectivity index (χ4n) is 2.53. The third-order valence-electron chi connectivity index (χ3n) is 3.68. The van der Waals surface area contributed by atoms with Gasteiger partial charge in [-0.05, 0) is 59.8 Å². The zero-order valence-corrected chi connectivity index (χ0v) is 11.5. The molecule has 1 N–H and O–H groups in total. The molecule has 1 unspecified atom stereocenters. The highest BCUT2D eigenvalue weighted by Gasteiger charge is 2.34. The largest absolute Gasteiger partial charge is 0.370 e. The molecule has 2 heterocycles. The average molecular weight is 296 g/mol. The van der Waals surface area contributed by atoms with E-state index < -0.39 is 0 Å². The van der Waals surface area contributed by atoms with Crippen LogP contribution < -0.4 is 5.32 Å². The van der Waals surface area contributed by atoms with Crippen molar-refractivity contribution < 1.29 is 0 Å². The topological polar surface area (TPSA) is 28.2 Å². The van der Waals surface area contributed by atoms with Gasteiger partial charge in [0.05, 0.1) is 0 Å². The number of hydrogen-bond donors (Lipinski definition) is 1. The highest BCUT2D eigenvalue weighted by Crippen LogP contribution is 2.31. The maximum absolute atomic E-state index is 4.33. The summed E-state index contributed by atoms with van der Waals surface area (Å²) < 4.78 is 1.03. The number of pyridine rings is 1. The van der Waals surface area contributed by atoms with Crippen LogP contribution in [0.2, 0.25) is 0 Å². The molecule has 0 amide bonds. The standard InChI is InChI=1S/C13H18BrN3/c14-11-1-4-13(16-8-11)15-7-10-5-6-17(9-10)12-2-3-12/h1,4,8,10,12H,2-3,5-7,9H2,(H,15,16). The minimum absolute atomic E-state index is 0.793. The monoisotopic (exact) mass is 295 g/mol. The van der Waals surface area contributed by atoms with Gasteiger partial charge in [-0.2, -0.15) is 0 Å². The lowest BCUT2D eigenvalue weighted by molar-refractivity contribution is 0.316. The van der Waals surface area contributed by atoms with Crippen LogP contribution in [0.4, 0.5) is 5.82 Å². The molecule has 3 nitrogen and oxygen atoms in total. The van der Waals surface area contributed by atoms with Gasteiger partial charge in [-0.15, -0.1) is 0 Å². The first-order chi connectivity index (χ1) is 8.31. The number of nitrogens with one attached hydrogen (secondary N) is 1. The summed E-state index contributed by atoms with van der Waals surface area (Å²) in [6.45, 7) is 3.62. The van der Waals surface area contributed by atoms with E-state index >= 15 is 0 Å². The van der Waals surface area contributed by atoms with Crippen LogP contribution in [-0.2, 0) is 0 Å². The number of anilines is 1. The normalized spacial score (nSPS) is 25.1. The molecular formula is C13H18BrN3. The zero-order valence-electron chi connectivity index (χ0n) is 9.90. The van der Waals surface area contributed by atoms with Crippen molar-refractivity contribution in [3.8, 4) is 0 Å². The lowest BCUT2D eigenvalue weighted by atomic mass is 10.1. The number of nitrogens with zero attached hydrogens (tertiary/aromatic N) is 2. The van der Waals surface area contributed by atoms with Gasteiger partial charge < -0.3 is 10.2 Å². The second-order valence-corrected chi connectivity index (χ2v) is 6.04. The van der Waals surface area contributed by atoms with Gasteiger partial charge in [-0.3, -0.25) is 0 Å². The van der Waals surface area contributed by atoms with Crippen LogP contribution in [0.1, 0.15) is 19.3 Å². The Balaban J connectivity index is 1.46. The summed E-state index contributed by atoms with van der Waals surface area (Å²) in [6, 6.07) is 4.98. The fourth-order valence-corrected chi connectivity index (χ4v) is 2.76. The smallest absolute Gasteiger partial charge is 0.125 e. The third kappa shape index (κ3) is 2.99. The quantitative estimate of drug-likeness (QED) is 0.926. The maximum Gasteiger partial charge on any atom is 0.125 e. The van der Waals surface area contributed by atoms with Crippen LogP contribution in [-0.4, -0.2) is 35.6 Å². The molecule has 17 heavy (non-hydrogen) atoms. The molecule has 1 atom stereocenters. The van der Waals surface area contributed by atoms with E-state index in [9.17, 15) is 0 Å². The second-order valence-electron chi connectivity index (χ2n) is 5.12. The third-order valence-corrected chi connectivity index (χ3v) is 4.15. The number of halogens is 1. The predicted octanol–water partition coefficient (Wildman–Crippen LogP) is 2.74. The molecule has 1 aromatic rings. The Hall–Kier alpha value is -0.610. The van der Waals surface area contributed by atoms with Crippen LogP contribution in [0.5, 0.6) is 0 Å². The molecule has 1 aliphatic heterocycles. The van der Waals surface area contributed by atoms with Crippen LogP contribution in [0.15, 0.2) is 22.8 Å². The lowest BCUT2D eigenvalue weighted by Crippen LogP contribution is -2.24. The van der Waals surface area contributed by atoms with Gasteiger partial charge in [-0.25, -0.2) is 4.98 Å². The molecule has 0 aromatic carbocycles. The van der Waals surface area contributed by atoms with Gasteiger partial charge in [0.2, 0.25) is 0 Å². The summed E-state index contributed by atoms with van der Waals surface area (Å²) in [5.41, 5.74) is 0. The predicted molar refractivity (Wildman–Crippen MR) is 73.1 cm³/mol. The molecule has 92 valence electrons. The van der Waals surface area contributed by atoms with E-state index in [4.69, 9.17) is 0 Å². The number of aromatic nitrogens is 1. The van der Waals surface area contributed by atoms with Gasteiger partial charge in [-0.1, -0.05) is 0 Å². The molecule has 1 aliphatic carbocycles. The molecule has 2 aliphatic rings. The summed E-state index contributed by atoms with van der Waals surface area (Å²) in [5, 5.41) is 3.44. The van der Waals surface area contributed by atoms with Gasteiger partial charge >= 0.3 is 0 Å². The van der Waals surface area contributed by atoms with Crippen molar-refractivity contribution in [3.05, 3.63) is 22.8 Å². The molecule has 1 saturated carbocycles. The van der Waals surface area contributed by atoms with Crippen molar-refractivity contribution in [1.29, 1.82) is 0 Å². The SMILES string of the molecule is Brc1ccc(NCC2CCN(C3CC3)C2)nc1. The first-order valence-corrected chi connectivity index (χ1v) is 7.20. The Morgan fingerprint density at radius 2 is 2.24 bits per heavy atom. The van der Waals surface area contributed by atoms with E-state index in [2.05, 4.69) is 31.1 Å². The highest BCUT2D eigenvalue weighted by molar-refractivity contribution is 9.10. The molecular weight excluding hydrogens is 278 g/mol. The molecule has 0 bridgehead atoms. The van der Waals surface area contributed by atoms with Gasteiger partial charge in [0.1, 0.15) is 5.82 Å². The van der Waals surface area contributed by atoms with Crippen molar-refractivity contribution in [3.63, 3.8) is 0 Å². The Morgan fingerprint density at radius 3 is 2.94 bits per heavy atom. The van der Waals surface area contributed by atoms with Crippen molar-refractivity contribution in [1.82, 2.24) is 9.88 Å². The van der Waals surface area contributed by atoms with E-state index in [0.29, 0.717) is 0 Å². The summed E-state index contributed by atoms with van der Waals surface area (Å²) in [4.78, 5) is 6.99. The summed E-state index contributed by atoms with van der Waals surface area (Å²) in [5.74, 6) is 1.78. The molecule has 1 saturated heterocycles. The van der Waals surface area contributed by atoms with Crippen molar-refractivity contribution in [2.24, 2.45) is 5.92 Å². The second kappa shape index (κ2) is 4.94. The number of hydrogen-bond acceptors (Lipinski definition) is 3. The summed E-state index contributed by atoms with van der Waals surface area (Å²) in [6.07, 6.45) is 6.02. The molecule has 2 fully saturated rings. The van der Waals surface area contributed by atoms with Crippen molar-refractivity contribution in [2.45, 2.75) is 25.3 Å². The molecule has 4 heteroatoms. The first kappa shape index (κ1) is 11.5. The Morgan fingerprint density at radius 1 is 1.35 bits per heavy atom. The van der Waals surface area contributed by atoms with Gasteiger partial charge in [0, 0.05) is 29.8 Å². The number of rotatable bonds is 4. The number of likely N-dealkylation sites (tertiary alicyclic amines) is 1. The Bertz CT molecular complexity index is 375. The van der Waals surface area contributed by atoms with Crippen LogP contribution in [0.3, 0.4) is 0 Å².